The van der Waals surface area contributed by atoms with Crippen LogP contribution >= 0.6 is 11.6 Å². The van der Waals surface area contributed by atoms with E-state index >= 15 is 4.79 Å². The van der Waals surface area contributed by atoms with Crippen molar-refractivity contribution in [2.24, 2.45) is 23.7 Å². The number of hydrogen-bond donors (Lipinski definition) is 1. The summed E-state index contributed by atoms with van der Waals surface area (Å²) in [5.41, 5.74) is 1.18. The fourth-order valence-electron chi connectivity index (χ4n) is 8.15. The third-order valence-electron chi connectivity index (χ3n) is 9.92. The largest absolute Gasteiger partial charge is 0.504 e. The van der Waals surface area contributed by atoms with Gasteiger partial charge in [-0.3, -0.25) is 24.1 Å². The summed E-state index contributed by atoms with van der Waals surface area (Å²) in [5.74, 6) is -4.20. The SMILES string of the molecule is COc1cc([C@H]2C3=CC[C@@H]4C(=O)N(C)C(=O)[C@@H]4[C@@H]3C[C@H]3C(=O)N(c4cccc(Cl)c4)C(=O)[C@@]23c2ccccc2)ccc1O. The monoisotopic (exact) mass is 596 g/mol. The molecular weight excluding hydrogens is 568 g/mol. The Balaban J connectivity index is 1.53. The molecule has 9 heteroatoms. The van der Waals surface area contributed by atoms with Crippen molar-refractivity contribution < 1.29 is 29.0 Å². The standard InChI is InChI=1S/C34H29ClN2O6/c1-36-30(39)23-13-12-22-24(28(23)32(36)41)17-25-31(40)37(21-10-6-9-20(35)16-21)33(42)34(25,19-7-4-3-5-8-19)29(22)18-11-14-26(38)27(15-18)43-2/h3-12,14-16,23-25,28-29,38H,13,17H2,1-2H3/t23-,24+,25-,28-,29-,34+/m0/s1. The Bertz CT molecular complexity index is 1740. The van der Waals surface area contributed by atoms with Crippen molar-refractivity contribution in [2.75, 3.05) is 19.1 Å². The first kappa shape index (κ1) is 27.4. The van der Waals surface area contributed by atoms with Crippen molar-refractivity contribution in [1.29, 1.82) is 0 Å². The molecule has 4 aliphatic rings. The third kappa shape index (κ3) is 3.69. The first-order valence-corrected chi connectivity index (χ1v) is 14.7. The van der Waals surface area contributed by atoms with Crippen molar-refractivity contribution in [3.63, 3.8) is 0 Å². The van der Waals surface area contributed by atoms with Crippen LogP contribution in [-0.4, -0.2) is 47.8 Å². The summed E-state index contributed by atoms with van der Waals surface area (Å²) in [6, 6.07) is 20.9. The summed E-state index contributed by atoms with van der Waals surface area (Å²) in [6.07, 6.45) is 2.58. The molecule has 3 fully saturated rings. The number of phenols is 1. The minimum absolute atomic E-state index is 0.0609. The second-order valence-corrected chi connectivity index (χ2v) is 12.2. The number of methoxy groups -OCH3 is 1. The molecule has 0 unspecified atom stereocenters. The molecule has 8 nitrogen and oxygen atoms in total. The van der Waals surface area contributed by atoms with E-state index < -0.39 is 35.0 Å². The zero-order chi connectivity index (χ0) is 30.2. The Morgan fingerprint density at radius 2 is 1.67 bits per heavy atom. The lowest BCUT2D eigenvalue weighted by molar-refractivity contribution is -0.138. The van der Waals surface area contributed by atoms with Gasteiger partial charge in [-0.2, -0.15) is 0 Å². The molecule has 1 N–H and O–H groups in total. The highest BCUT2D eigenvalue weighted by molar-refractivity contribution is 6.32. The van der Waals surface area contributed by atoms with Gasteiger partial charge in [-0.1, -0.05) is 65.7 Å². The third-order valence-corrected chi connectivity index (χ3v) is 10.2. The van der Waals surface area contributed by atoms with Crippen molar-refractivity contribution in [1.82, 2.24) is 4.90 Å². The molecule has 0 aromatic heterocycles. The molecular formula is C34H29ClN2O6. The molecule has 1 saturated carbocycles. The first-order valence-electron chi connectivity index (χ1n) is 14.3. The summed E-state index contributed by atoms with van der Waals surface area (Å²) in [5, 5.41) is 10.9. The van der Waals surface area contributed by atoms with Crippen LogP contribution in [0.25, 0.3) is 0 Å². The highest BCUT2D eigenvalue weighted by Crippen LogP contribution is 2.64. The lowest BCUT2D eigenvalue weighted by atomic mass is 9.49. The number of benzene rings is 3. The summed E-state index contributed by atoms with van der Waals surface area (Å²) < 4.78 is 5.48. The average molecular weight is 597 g/mol. The van der Waals surface area contributed by atoms with E-state index in [2.05, 4.69) is 0 Å². The predicted octanol–water partition coefficient (Wildman–Crippen LogP) is 4.85. The molecule has 2 heterocycles. The van der Waals surface area contributed by atoms with Gasteiger partial charge in [0.1, 0.15) is 0 Å². The van der Waals surface area contributed by atoms with E-state index in [0.717, 1.165) is 5.57 Å². The van der Waals surface area contributed by atoms with E-state index in [0.29, 0.717) is 28.3 Å². The van der Waals surface area contributed by atoms with E-state index in [1.807, 2.05) is 36.4 Å². The number of halogens is 1. The minimum atomic E-state index is -1.38. The number of carbonyl (C=O) groups is 4. The fraction of sp³-hybridized carbons (Fsp3) is 0.294. The van der Waals surface area contributed by atoms with Crippen molar-refractivity contribution in [3.8, 4) is 11.5 Å². The Morgan fingerprint density at radius 3 is 2.40 bits per heavy atom. The number of allylic oxidation sites excluding steroid dienone is 2. The number of imide groups is 2. The highest BCUT2D eigenvalue weighted by Gasteiger charge is 2.70. The maximum absolute atomic E-state index is 15.1. The molecule has 0 spiro atoms. The first-order chi connectivity index (χ1) is 20.7. The summed E-state index contributed by atoms with van der Waals surface area (Å²) in [4.78, 5) is 58.7. The molecule has 6 atom stereocenters. The molecule has 0 bridgehead atoms. The maximum Gasteiger partial charge on any atom is 0.246 e. The summed E-state index contributed by atoms with van der Waals surface area (Å²) in [6.45, 7) is 0. The molecule has 2 aliphatic carbocycles. The number of ether oxygens (including phenoxy) is 1. The predicted molar refractivity (Wildman–Crippen MR) is 159 cm³/mol. The van der Waals surface area contributed by atoms with Gasteiger partial charge in [0.25, 0.3) is 0 Å². The average Bonchev–Trinajstić information content (AvgIpc) is 3.38. The Morgan fingerprint density at radius 1 is 0.907 bits per heavy atom. The Hall–Kier alpha value is -4.43. The molecule has 0 radical (unpaired) electrons. The Labute approximate surface area is 253 Å². The number of phenolic OH excluding ortho intramolecular Hbond substituents is 1. The highest BCUT2D eigenvalue weighted by atomic mass is 35.5. The van der Waals surface area contributed by atoms with Gasteiger partial charge >= 0.3 is 0 Å². The number of amides is 4. The van der Waals surface area contributed by atoms with Crippen LogP contribution in [0.15, 0.2) is 84.4 Å². The Kier molecular flexibility index (Phi) is 6.25. The second kappa shape index (κ2) is 9.81. The number of fused-ring (bicyclic) bond motifs is 4. The van der Waals surface area contributed by atoms with Gasteiger partial charge in [-0.05, 0) is 60.2 Å². The molecule has 2 aliphatic heterocycles. The van der Waals surface area contributed by atoms with Gasteiger partial charge < -0.3 is 9.84 Å². The van der Waals surface area contributed by atoms with Crippen LogP contribution in [0, 0.1) is 23.7 Å². The van der Waals surface area contributed by atoms with Crippen molar-refractivity contribution in [2.45, 2.75) is 24.2 Å². The van der Waals surface area contributed by atoms with E-state index in [9.17, 15) is 19.5 Å². The van der Waals surface area contributed by atoms with Crippen LogP contribution < -0.4 is 9.64 Å². The van der Waals surface area contributed by atoms with Crippen LogP contribution in [0.4, 0.5) is 5.69 Å². The van der Waals surface area contributed by atoms with E-state index in [1.54, 1.807) is 36.4 Å². The van der Waals surface area contributed by atoms with Gasteiger partial charge in [0.15, 0.2) is 11.5 Å². The smallest absolute Gasteiger partial charge is 0.246 e. The maximum atomic E-state index is 15.1. The molecule has 4 amide bonds. The van der Waals surface area contributed by atoms with Crippen LogP contribution in [0.1, 0.15) is 29.9 Å². The van der Waals surface area contributed by atoms with E-state index in [-0.39, 0.29) is 41.5 Å². The number of carbonyl (C=O) groups excluding carboxylic acids is 4. The normalized spacial score (nSPS) is 29.7. The van der Waals surface area contributed by atoms with Gasteiger partial charge in [0.2, 0.25) is 23.6 Å². The lowest BCUT2D eigenvalue weighted by Gasteiger charge is -2.50. The number of anilines is 1. The fourth-order valence-corrected chi connectivity index (χ4v) is 8.33. The number of nitrogens with zero attached hydrogens (tertiary/aromatic N) is 2. The topological polar surface area (TPSA) is 104 Å². The summed E-state index contributed by atoms with van der Waals surface area (Å²) in [7, 11) is 2.96. The van der Waals surface area contributed by atoms with Crippen molar-refractivity contribution >= 4 is 40.9 Å². The number of likely N-dealkylation sites (tertiary alicyclic amines) is 1. The number of aromatic hydroxyl groups is 1. The molecule has 43 heavy (non-hydrogen) atoms. The van der Waals surface area contributed by atoms with Gasteiger partial charge in [0, 0.05) is 18.0 Å². The quantitative estimate of drug-likeness (QED) is 0.341. The van der Waals surface area contributed by atoms with Crippen LogP contribution in [0.3, 0.4) is 0 Å². The van der Waals surface area contributed by atoms with Gasteiger partial charge in [-0.25, -0.2) is 4.90 Å². The van der Waals surface area contributed by atoms with E-state index in [4.69, 9.17) is 16.3 Å². The van der Waals surface area contributed by atoms with Crippen LogP contribution in [0.2, 0.25) is 5.02 Å². The molecule has 218 valence electrons. The summed E-state index contributed by atoms with van der Waals surface area (Å²) >= 11 is 6.33. The molecule has 2 saturated heterocycles. The number of rotatable bonds is 4. The molecule has 3 aromatic carbocycles. The van der Waals surface area contributed by atoms with Crippen LogP contribution in [0.5, 0.6) is 11.5 Å². The van der Waals surface area contributed by atoms with Crippen molar-refractivity contribution in [3.05, 3.63) is 101 Å². The second-order valence-electron chi connectivity index (χ2n) is 11.8. The lowest BCUT2D eigenvalue weighted by Crippen LogP contribution is -2.53. The van der Waals surface area contributed by atoms with Gasteiger partial charge in [0.05, 0.1) is 36.0 Å². The zero-order valence-electron chi connectivity index (χ0n) is 23.6. The van der Waals surface area contributed by atoms with E-state index in [1.165, 1.54) is 30.0 Å². The molecule has 3 aromatic rings. The van der Waals surface area contributed by atoms with Crippen LogP contribution in [-0.2, 0) is 24.6 Å². The molecule has 7 rings (SSSR count). The van der Waals surface area contributed by atoms with Gasteiger partial charge in [-0.15, -0.1) is 0 Å². The number of hydrogen-bond acceptors (Lipinski definition) is 6. The minimum Gasteiger partial charge on any atom is -0.504 e. The zero-order valence-corrected chi connectivity index (χ0v) is 24.3.